The second-order valence-electron chi connectivity index (χ2n) is 3.52. The Morgan fingerprint density at radius 3 is 2.94 bits per heavy atom. The van der Waals surface area contributed by atoms with Crippen LogP contribution >= 0.6 is 0 Å². The van der Waals surface area contributed by atoms with Gasteiger partial charge < -0.3 is 5.32 Å². The summed E-state index contributed by atoms with van der Waals surface area (Å²) in [6.45, 7) is 2.29. The van der Waals surface area contributed by atoms with Gasteiger partial charge in [-0.15, -0.1) is 10.2 Å². The molecule has 0 fully saturated rings. The third-order valence-corrected chi connectivity index (χ3v) is 2.44. The lowest BCUT2D eigenvalue weighted by atomic mass is 10.0. The number of H-pyrrole nitrogens is 1. The average Bonchev–Trinajstić information content (AvgIpc) is 2.89. The Hall–Kier alpha value is -2.24. The van der Waals surface area contributed by atoms with Crippen molar-refractivity contribution in [2.24, 2.45) is 0 Å². The van der Waals surface area contributed by atoms with E-state index in [1.54, 1.807) is 0 Å². The summed E-state index contributed by atoms with van der Waals surface area (Å²) in [5.74, 6) is 0.347. The maximum absolute atomic E-state index is 11.9. The first kappa shape index (κ1) is 11.3. The van der Waals surface area contributed by atoms with Gasteiger partial charge in [-0.25, -0.2) is 0 Å². The van der Waals surface area contributed by atoms with Crippen LogP contribution < -0.4 is 5.32 Å². The predicted octanol–water partition coefficient (Wildman–Crippen LogP) is 0.692. The number of rotatable bonds is 4. The van der Waals surface area contributed by atoms with Crippen LogP contribution in [0, 0.1) is 0 Å². The first-order valence-electron chi connectivity index (χ1n) is 5.39. The molecule has 6 heteroatoms. The molecule has 0 atom stereocenters. The van der Waals surface area contributed by atoms with E-state index in [9.17, 15) is 4.79 Å². The minimum atomic E-state index is -0.118. The number of benzene rings is 1. The van der Waals surface area contributed by atoms with Crippen LogP contribution in [0.15, 0.2) is 24.3 Å². The SMILES string of the molecule is CCc1ccccc1C(=O)NCc1nn[nH]n1. The number of carbonyl (C=O) groups is 1. The Labute approximate surface area is 98.4 Å². The van der Waals surface area contributed by atoms with Crippen molar-refractivity contribution in [1.82, 2.24) is 25.9 Å². The third kappa shape index (κ3) is 2.66. The molecule has 0 saturated carbocycles. The lowest BCUT2D eigenvalue weighted by Gasteiger charge is -2.07. The molecule has 0 bridgehead atoms. The van der Waals surface area contributed by atoms with Gasteiger partial charge in [-0.3, -0.25) is 4.79 Å². The highest BCUT2D eigenvalue weighted by atomic mass is 16.1. The monoisotopic (exact) mass is 231 g/mol. The van der Waals surface area contributed by atoms with Crippen LogP contribution in [-0.4, -0.2) is 26.5 Å². The molecular formula is C11H13N5O. The maximum Gasteiger partial charge on any atom is 0.251 e. The van der Waals surface area contributed by atoms with Crippen LogP contribution in [0.3, 0.4) is 0 Å². The van der Waals surface area contributed by atoms with Gasteiger partial charge in [0.1, 0.15) is 0 Å². The highest BCUT2D eigenvalue weighted by Gasteiger charge is 2.09. The Morgan fingerprint density at radius 1 is 1.41 bits per heavy atom. The first-order valence-corrected chi connectivity index (χ1v) is 5.39. The summed E-state index contributed by atoms with van der Waals surface area (Å²) < 4.78 is 0. The van der Waals surface area contributed by atoms with Gasteiger partial charge in [0, 0.05) is 5.56 Å². The Bertz CT molecular complexity index is 494. The van der Waals surface area contributed by atoms with Gasteiger partial charge >= 0.3 is 0 Å². The zero-order valence-electron chi connectivity index (χ0n) is 9.47. The Morgan fingerprint density at radius 2 is 2.24 bits per heavy atom. The Kier molecular flexibility index (Phi) is 3.44. The van der Waals surface area contributed by atoms with Gasteiger partial charge in [-0.2, -0.15) is 5.21 Å². The lowest BCUT2D eigenvalue weighted by molar-refractivity contribution is 0.0949. The quantitative estimate of drug-likeness (QED) is 0.811. The van der Waals surface area contributed by atoms with Crippen molar-refractivity contribution >= 4 is 5.91 Å². The molecule has 2 aromatic rings. The minimum absolute atomic E-state index is 0.118. The zero-order chi connectivity index (χ0) is 12.1. The summed E-state index contributed by atoms with van der Waals surface area (Å²) >= 11 is 0. The van der Waals surface area contributed by atoms with Crippen LogP contribution in [0.4, 0.5) is 0 Å². The van der Waals surface area contributed by atoms with E-state index >= 15 is 0 Å². The second kappa shape index (κ2) is 5.20. The van der Waals surface area contributed by atoms with Crippen molar-refractivity contribution in [2.45, 2.75) is 19.9 Å². The summed E-state index contributed by atoms with van der Waals surface area (Å²) in [5, 5.41) is 16.0. The smallest absolute Gasteiger partial charge is 0.251 e. The number of aromatic amines is 1. The molecule has 1 aromatic carbocycles. The normalized spacial score (nSPS) is 10.2. The van der Waals surface area contributed by atoms with E-state index in [4.69, 9.17) is 0 Å². The van der Waals surface area contributed by atoms with E-state index in [2.05, 4.69) is 25.9 Å². The van der Waals surface area contributed by atoms with Crippen LogP contribution in [-0.2, 0) is 13.0 Å². The molecule has 88 valence electrons. The van der Waals surface area contributed by atoms with Crippen molar-refractivity contribution in [3.63, 3.8) is 0 Å². The van der Waals surface area contributed by atoms with Gasteiger partial charge in [0.2, 0.25) is 0 Å². The van der Waals surface area contributed by atoms with E-state index in [-0.39, 0.29) is 12.5 Å². The average molecular weight is 231 g/mol. The number of nitrogens with zero attached hydrogens (tertiary/aromatic N) is 3. The lowest BCUT2D eigenvalue weighted by Crippen LogP contribution is -2.24. The van der Waals surface area contributed by atoms with E-state index in [1.165, 1.54) is 0 Å². The van der Waals surface area contributed by atoms with Gasteiger partial charge in [0.15, 0.2) is 5.82 Å². The molecule has 0 aliphatic carbocycles. The van der Waals surface area contributed by atoms with Crippen molar-refractivity contribution in [3.05, 3.63) is 41.2 Å². The topological polar surface area (TPSA) is 83.6 Å². The number of hydrogen-bond acceptors (Lipinski definition) is 4. The van der Waals surface area contributed by atoms with Crippen molar-refractivity contribution < 1.29 is 4.79 Å². The van der Waals surface area contributed by atoms with Crippen molar-refractivity contribution in [3.8, 4) is 0 Å². The summed E-state index contributed by atoms with van der Waals surface area (Å²) in [6.07, 6.45) is 0.825. The molecular weight excluding hydrogens is 218 g/mol. The molecule has 0 aliphatic rings. The molecule has 1 heterocycles. The molecule has 0 spiro atoms. The second-order valence-corrected chi connectivity index (χ2v) is 3.52. The fourth-order valence-electron chi connectivity index (χ4n) is 1.56. The number of nitrogens with one attached hydrogen (secondary N) is 2. The molecule has 0 unspecified atom stereocenters. The molecule has 6 nitrogen and oxygen atoms in total. The minimum Gasteiger partial charge on any atom is -0.345 e. The molecule has 2 rings (SSSR count). The number of aryl methyl sites for hydroxylation is 1. The summed E-state index contributed by atoms with van der Waals surface area (Å²) in [4.78, 5) is 11.9. The van der Waals surface area contributed by atoms with Gasteiger partial charge in [-0.05, 0) is 18.1 Å². The molecule has 0 radical (unpaired) electrons. The molecule has 17 heavy (non-hydrogen) atoms. The summed E-state index contributed by atoms with van der Waals surface area (Å²) in [7, 11) is 0. The highest BCUT2D eigenvalue weighted by Crippen LogP contribution is 2.09. The summed E-state index contributed by atoms with van der Waals surface area (Å²) in [5.41, 5.74) is 1.72. The number of aromatic nitrogens is 4. The van der Waals surface area contributed by atoms with E-state index in [1.807, 2.05) is 31.2 Å². The van der Waals surface area contributed by atoms with Crippen LogP contribution in [0.25, 0.3) is 0 Å². The van der Waals surface area contributed by atoms with Gasteiger partial charge in [0.05, 0.1) is 6.54 Å². The van der Waals surface area contributed by atoms with Gasteiger partial charge in [0.25, 0.3) is 5.91 Å². The first-order chi connectivity index (χ1) is 8.31. The van der Waals surface area contributed by atoms with Crippen molar-refractivity contribution in [1.29, 1.82) is 0 Å². The fraction of sp³-hybridized carbons (Fsp3) is 0.273. The third-order valence-electron chi connectivity index (χ3n) is 2.44. The van der Waals surface area contributed by atoms with E-state index in [0.717, 1.165) is 12.0 Å². The number of tetrazole rings is 1. The molecule has 2 N–H and O–H groups in total. The predicted molar refractivity (Wildman–Crippen MR) is 61.2 cm³/mol. The zero-order valence-corrected chi connectivity index (χ0v) is 9.47. The van der Waals surface area contributed by atoms with Crippen LogP contribution in [0.5, 0.6) is 0 Å². The Balaban J connectivity index is 2.04. The fourth-order valence-corrected chi connectivity index (χ4v) is 1.56. The molecule has 1 aromatic heterocycles. The highest BCUT2D eigenvalue weighted by molar-refractivity contribution is 5.95. The van der Waals surface area contributed by atoms with Crippen molar-refractivity contribution in [2.75, 3.05) is 0 Å². The maximum atomic E-state index is 11.9. The molecule has 0 saturated heterocycles. The van der Waals surface area contributed by atoms with Crippen LogP contribution in [0.1, 0.15) is 28.7 Å². The largest absolute Gasteiger partial charge is 0.345 e. The van der Waals surface area contributed by atoms with E-state index in [0.29, 0.717) is 11.4 Å². The molecule has 0 aliphatic heterocycles. The standard InChI is InChI=1S/C11H13N5O/c1-2-8-5-3-4-6-9(8)11(17)12-7-10-13-15-16-14-10/h3-6H,2,7H2,1H3,(H,12,17)(H,13,14,15,16). The number of amides is 1. The summed E-state index contributed by atoms with van der Waals surface area (Å²) in [6, 6.07) is 7.53. The number of hydrogen-bond donors (Lipinski definition) is 2. The number of carbonyl (C=O) groups excluding carboxylic acids is 1. The molecule has 1 amide bonds. The van der Waals surface area contributed by atoms with Crippen LogP contribution in [0.2, 0.25) is 0 Å². The van der Waals surface area contributed by atoms with E-state index < -0.39 is 0 Å². The van der Waals surface area contributed by atoms with Gasteiger partial charge in [-0.1, -0.05) is 30.3 Å².